The Balaban J connectivity index is 1.75. The van der Waals surface area contributed by atoms with Crippen LogP contribution in [0, 0.1) is 12.7 Å². The maximum absolute atomic E-state index is 14.0. The van der Waals surface area contributed by atoms with Gasteiger partial charge in [0, 0.05) is 11.6 Å². The second kappa shape index (κ2) is 9.37. The number of amides is 1. The van der Waals surface area contributed by atoms with Crippen molar-refractivity contribution in [2.75, 3.05) is 12.4 Å². The lowest BCUT2D eigenvalue weighted by molar-refractivity contribution is -0.111. The smallest absolute Gasteiger partial charge is 0.337 e. The van der Waals surface area contributed by atoms with Gasteiger partial charge in [0.05, 0.1) is 30.6 Å². The van der Waals surface area contributed by atoms with E-state index in [-0.39, 0.29) is 11.3 Å². The normalized spacial score (nSPS) is 10.9. The van der Waals surface area contributed by atoms with Crippen molar-refractivity contribution < 1.29 is 18.7 Å². The van der Waals surface area contributed by atoms with Crippen LogP contribution in [0.3, 0.4) is 0 Å². The molecule has 30 heavy (non-hydrogen) atoms. The molecule has 8 heteroatoms. The highest BCUT2D eigenvalue weighted by molar-refractivity contribution is 6.31. The van der Waals surface area contributed by atoms with Gasteiger partial charge < -0.3 is 10.1 Å². The Hall–Kier alpha value is -3.45. The highest BCUT2D eigenvalue weighted by Crippen LogP contribution is 2.23. The summed E-state index contributed by atoms with van der Waals surface area (Å²) in [6, 6.07) is 13.3. The van der Waals surface area contributed by atoms with Crippen molar-refractivity contribution in [2.45, 2.75) is 13.5 Å². The van der Waals surface area contributed by atoms with E-state index >= 15 is 0 Å². The monoisotopic (exact) mass is 427 g/mol. The van der Waals surface area contributed by atoms with Gasteiger partial charge in [0.1, 0.15) is 11.0 Å². The van der Waals surface area contributed by atoms with Crippen molar-refractivity contribution in [3.05, 3.63) is 88.0 Å². The average molecular weight is 428 g/mol. The van der Waals surface area contributed by atoms with Crippen LogP contribution in [-0.2, 0) is 16.1 Å². The van der Waals surface area contributed by atoms with E-state index in [9.17, 15) is 14.0 Å². The zero-order valence-electron chi connectivity index (χ0n) is 16.4. The number of nitrogens with one attached hydrogen (secondary N) is 1. The molecule has 2 aromatic carbocycles. The summed E-state index contributed by atoms with van der Waals surface area (Å²) in [5.74, 6) is -1.88. The number of rotatable bonds is 6. The van der Waals surface area contributed by atoms with Crippen molar-refractivity contribution in [3.8, 4) is 0 Å². The van der Waals surface area contributed by atoms with Crippen molar-refractivity contribution in [3.63, 3.8) is 0 Å². The molecular formula is C22H19ClFN3O3. The van der Waals surface area contributed by atoms with Crippen molar-refractivity contribution in [1.29, 1.82) is 0 Å². The zero-order valence-corrected chi connectivity index (χ0v) is 17.1. The molecule has 3 rings (SSSR count). The SMILES string of the molecule is COC(=O)c1ccc(F)c(NC(=O)/C=C/c2c(C)nn(Cc3ccccc3)c2Cl)c1. The lowest BCUT2D eigenvalue weighted by Crippen LogP contribution is -2.11. The van der Waals surface area contributed by atoms with Crippen LogP contribution in [0.5, 0.6) is 0 Å². The van der Waals surface area contributed by atoms with Crippen LogP contribution in [0.4, 0.5) is 10.1 Å². The third-order valence-electron chi connectivity index (χ3n) is 4.33. The maximum atomic E-state index is 14.0. The number of hydrogen-bond acceptors (Lipinski definition) is 4. The largest absolute Gasteiger partial charge is 0.465 e. The minimum atomic E-state index is -0.672. The van der Waals surface area contributed by atoms with Gasteiger partial charge >= 0.3 is 5.97 Å². The second-order valence-electron chi connectivity index (χ2n) is 6.44. The molecule has 1 heterocycles. The zero-order chi connectivity index (χ0) is 21.7. The minimum Gasteiger partial charge on any atom is -0.465 e. The fourth-order valence-corrected chi connectivity index (χ4v) is 3.11. The van der Waals surface area contributed by atoms with E-state index in [4.69, 9.17) is 11.6 Å². The first kappa shape index (κ1) is 21.3. The van der Waals surface area contributed by atoms with Gasteiger partial charge in [0.25, 0.3) is 0 Å². The molecule has 1 aromatic heterocycles. The Morgan fingerprint density at radius 1 is 1.23 bits per heavy atom. The first-order valence-corrected chi connectivity index (χ1v) is 9.40. The lowest BCUT2D eigenvalue weighted by atomic mass is 10.2. The number of aryl methyl sites for hydroxylation is 1. The molecule has 0 aliphatic carbocycles. The Labute approximate surface area is 177 Å². The number of aromatic nitrogens is 2. The van der Waals surface area contributed by atoms with Crippen LogP contribution in [0.15, 0.2) is 54.6 Å². The Kier molecular flexibility index (Phi) is 6.64. The van der Waals surface area contributed by atoms with Gasteiger partial charge in [-0.1, -0.05) is 41.9 Å². The van der Waals surface area contributed by atoms with Crippen molar-refractivity contribution in [1.82, 2.24) is 9.78 Å². The highest BCUT2D eigenvalue weighted by atomic mass is 35.5. The number of esters is 1. The molecule has 0 atom stereocenters. The predicted octanol–water partition coefficient (Wildman–Crippen LogP) is 4.47. The molecule has 1 amide bonds. The van der Waals surface area contributed by atoms with Gasteiger partial charge in [-0.15, -0.1) is 0 Å². The number of methoxy groups -OCH3 is 1. The average Bonchev–Trinajstić information content (AvgIpc) is 3.00. The maximum Gasteiger partial charge on any atom is 0.337 e. The molecule has 1 N–H and O–H groups in total. The summed E-state index contributed by atoms with van der Waals surface area (Å²) in [7, 11) is 1.22. The molecule has 0 bridgehead atoms. The molecule has 0 aliphatic rings. The third kappa shape index (κ3) is 4.93. The number of halogens is 2. The summed E-state index contributed by atoms with van der Waals surface area (Å²) in [5, 5.41) is 7.21. The van der Waals surface area contributed by atoms with E-state index in [2.05, 4.69) is 15.2 Å². The Bertz CT molecular complexity index is 1110. The van der Waals surface area contributed by atoms with Crippen LogP contribution < -0.4 is 5.32 Å². The third-order valence-corrected chi connectivity index (χ3v) is 4.73. The number of carbonyl (C=O) groups is 2. The van der Waals surface area contributed by atoms with E-state index in [0.717, 1.165) is 11.6 Å². The number of benzene rings is 2. The number of nitrogens with zero attached hydrogens (tertiary/aromatic N) is 2. The first-order chi connectivity index (χ1) is 14.4. The minimum absolute atomic E-state index is 0.124. The van der Waals surface area contributed by atoms with E-state index in [1.54, 1.807) is 11.6 Å². The van der Waals surface area contributed by atoms with Crippen LogP contribution in [0.2, 0.25) is 5.15 Å². The van der Waals surface area contributed by atoms with Crippen molar-refractivity contribution in [2.24, 2.45) is 0 Å². The summed E-state index contributed by atoms with van der Waals surface area (Å²) >= 11 is 6.43. The number of anilines is 1. The van der Waals surface area contributed by atoms with Gasteiger partial charge in [0.2, 0.25) is 5.91 Å². The number of ether oxygens (including phenoxy) is 1. The van der Waals surface area contributed by atoms with Crippen LogP contribution in [0.25, 0.3) is 6.08 Å². The first-order valence-electron chi connectivity index (χ1n) is 9.02. The lowest BCUT2D eigenvalue weighted by Gasteiger charge is -2.06. The van der Waals surface area contributed by atoms with E-state index in [0.29, 0.717) is 23.0 Å². The van der Waals surface area contributed by atoms with E-state index in [1.807, 2.05) is 30.3 Å². The summed E-state index contributed by atoms with van der Waals surface area (Å²) in [6.07, 6.45) is 2.75. The van der Waals surface area contributed by atoms with Gasteiger partial charge in [-0.3, -0.25) is 4.79 Å². The van der Waals surface area contributed by atoms with Crippen LogP contribution in [0.1, 0.15) is 27.2 Å². The number of carbonyl (C=O) groups excluding carboxylic acids is 2. The highest BCUT2D eigenvalue weighted by Gasteiger charge is 2.13. The standard InChI is InChI=1S/C22H19ClFN3O3/c1-14-17(21(23)27(26-14)13-15-6-4-3-5-7-15)9-11-20(28)25-19-12-16(22(29)30-2)8-10-18(19)24/h3-12H,13H2,1-2H3,(H,25,28)/b11-9+. The van der Waals surface area contributed by atoms with Gasteiger partial charge in [-0.05, 0) is 36.8 Å². The van der Waals surface area contributed by atoms with Gasteiger partial charge in [-0.25, -0.2) is 13.9 Å². The molecule has 0 radical (unpaired) electrons. The molecule has 0 saturated heterocycles. The molecule has 0 aliphatic heterocycles. The molecule has 0 spiro atoms. The molecule has 0 unspecified atom stereocenters. The summed E-state index contributed by atoms with van der Waals surface area (Å²) < 4.78 is 20.2. The van der Waals surface area contributed by atoms with Gasteiger partial charge in [0.15, 0.2) is 0 Å². The summed E-state index contributed by atoms with van der Waals surface area (Å²) in [5.41, 5.74) is 2.27. The van der Waals surface area contributed by atoms with Crippen molar-refractivity contribution >= 4 is 35.2 Å². The number of hydrogen-bond donors (Lipinski definition) is 1. The fraction of sp³-hybridized carbons (Fsp3) is 0.136. The second-order valence-corrected chi connectivity index (χ2v) is 6.80. The van der Waals surface area contributed by atoms with E-state index < -0.39 is 17.7 Å². The molecule has 6 nitrogen and oxygen atoms in total. The molecular weight excluding hydrogens is 409 g/mol. The topological polar surface area (TPSA) is 73.2 Å². The quantitative estimate of drug-likeness (QED) is 0.465. The van der Waals surface area contributed by atoms with Gasteiger partial charge in [-0.2, -0.15) is 5.10 Å². The molecule has 3 aromatic rings. The Morgan fingerprint density at radius 3 is 2.67 bits per heavy atom. The van der Waals surface area contributed by atoms with E-state index in [1.165, 1.54) is 31.4 Å². The molecule has 154 valence electrons. The summed E-state index contributed by atoms with van der Waals surface area (Å²) in [4.78, 5) is 23.8. The van der Waals surface area contributed by atoms with Crippen LogP contribution in [-0.4, -0.2) is 28.8 Å². The summed E-state index contributed by atoms with van der Waals surface area (Å²) in [6.45, 7) is 2.27. The fourth-order valence-electron chi connectivity index (χ4n) is 2.82. The van der Waals surface area contributed by atoms with Crippen LogP contribution >= 0.6 is 11.6 Å². The predicted molar refractivity (Wildman–Crippen MR) is 113 cm³/mol. The molecule has 0 fully saturated rings. The molecule has 0 saturated carbocycles. The Morgan fingerprint density at radius 2 is 1.97 bits per heavy atom.